The van der Waals surface area contributed by atoms with Crippen molar-refractivity contribution >= 4 is 40.0 Å². The summed E-state index contributed by atoms with van der Waals surface area (Å²) in [5, 5.41) is 6.71. The van der Waals surface area contributed by atoms with Gasteiger partial charge in [0.15, 0.2) is 11.6 Å². The molecule has 0 unspecified atom stereocenters. The van der Waals surface area contributed by atoms with E-state index in [1.54, 1.807) is 18.3 Å². The third kappa shape index (κ3) is 4.29. The highest BCUT2D eigenvalue weighted by molar-refractivity contribution is 5.99. The smallest absolute Gasteiger partial charge is 0.252 e. The van der Waals surface area contributed by atoms with Gasteiger partial charge in [0.25, 0.3) is 5.91 Å². The molecule has 0 radical (unpaired) electrons. The van der Waals surface area contributed by atoms with Crippen LogP contribution in [0.2, 0.25) is 0 Å². The van der Waals surface area contributed by atoms with Crippen molar-refractivity contribution in [3.63, 3.8) is 0 Å². The summed E-state index contributed by atoms with van der Waals surface area (Å²) in [7, 11) is 0. The van der Waals surface area contributed by atoms with Crippen molar-refractivity contribution in [1.82, 2.24) is 9.97 Å². The number of fused-ring (bicyclic) bond motifs is 1. The lowest BCUT2D eigenvalue weighted by Crippen LogP contribution is -2.36. The number of hydrogen-bond acceptors (Lipinski definition) is 6. The number of primary amides is 2. The maximum atomic E-state index is 14.6. The number of anilines is 3. The molecule has 1 saturated carbocycles. The second-order valence-electron chi connectivity index (χ2n) is 7.39. The maximum absolute atomic E-state index is 14.6. The standard InChI is InChI=1S/C21H21FN6O2/c22-15-10-14(18(23)29)20(26-13-6-5-12-2-1-7-25-16(12)9-13)28-21(15)27-17(19(24)30)8-11-3-4-11/h1-2,5-7,9-11,17H,3-4,8H2,(H2,23,29)(H2,24,30)(H2,26,27,28)/t17-/m1/s1. The fourth-order valence-electron chi connectivity index (χ4n) is 3.25. The maximum Gasteiger partial charge on any atom is 0.252 e. The second kappa shape index (κ2) is 7.94. The molecular weight excluding hydrogens is 387 g/mol. The first-order valence-corrected chi connectivity index (χ1v) is 9.58. The Hall–Kier alpha value is -3.75. The number of aromatic nitrogens is 2. The molecule has 0 spiro atoms. The lowest BCUT2D eigenvalue weighted by Gasteiger charge is -2.18. The van der Waals surface area contributed by atoms with Crippen LogP contribution in [0.4, 0.5) is 21.7 Å². The van der Waals surface area contributed by atoms with Crippen molar-refractivity contribution in [1.29, 1.82) is 0 Å². The Labute approximate surface area is 171 Å². The van der Waals surface area contributed by atoms with Gasteiger partial charge in [-0.25, -0.2) is 9.37 Å². The highest BCUT2D eigenvalue weighted by Gasteiger charge is 2.29. The molecule has 1 atom stereocenters. The molecule has 1 aromatic carbocycles. The fourth-order valence-corrected chi connectivity index (χ4v) is 3.25. The van der Waals surface area contributed by atoms with E-state index in [4.69, 9.17) is 11.5 Å². The minimum absolute atomic E-state index is 0.0660. The van der Waals surface area contributed by atoms with E-state index in [9.17, 15) is 14.0 Å². The molecule has 0 aliphatic heterocycles. The molecule has 2 aromatic heterocycles. The van der Waals surface area contributed by atoms with E-state index < -0.39 is 23.7 Å². The highest BCUT2D eigenvalue weighted by atomic mass is 19.1. The van der Waals surface area contributed by atoms with Crippen LogP contribution in [-0.4, -0.2) is 27.8 Å². The van der Waals surface area contributed by atoms with Gasteiger partial charge in [-0.05, 0) is 36.6 Å². The van der Waals surface area contributed by atoms with Gasteiger partial charge < -0.3 is 22.1 Å². The summed E-state index contributed by atoms with van der Waals surface area (Å²) in [6.07, 6.45) is 4.21. The first-order chi connectivity index (χ1) is 14.4. The SMILES string of the molecule is NC(=O)c1cc(F)c(N[C@H](CC2CC2)C(N)=O)nc1Nc1ccc2cccnc2c1. The zero-order valence-corrected chi connectivity index (χ0v) is 16.1. The van der Waals surface area contributed by atoms with Crippen LogP contribution in [0.3, 0.4) is 0 Å². The number of rotatable bonds is 8. The van der Waals surface area contributed by atoms with Crippen LogP contribution < -0.4 is 22.1 Å². The molecule has 9 heteroatoms. The number of carbonyl (C=O) groups excluding carboxylic acids is 2. The van der Waals surface area contributed by atoms with Crippen molar-refractivity contribution in [2.24, 2.45) is 17.4 Å². The van der Waals surface area contributed by atoms with Gasteiger partial charge in [0.1, 0.15) is 11.9 Å². The van der Waals surface area contributed by atoms with E-state index in [1.165, 1.54) is 0 Å². The van der Waals surface area contributed by atoms with Crippen LogP contribution in [0.25, 0.3) is 10.9 Å². The second-order valence-corrected chi connectivity index (χ2v) is 7.39. The Bertz CT molecular complexity index is 1130. The van der Waals surface area contributed by atoms with E-state index in [2.05, 4.69) is 20.6 Å². The van der Waals surface area contributed by atoms with Crippen molar-refractivity contribution in [3.8, 4) is 0 Å². The normalized spacial score (nSPS) is 14.3. The lowest BCUT2D eigenvalue weighted by molar-refractivity contribution is -0.118. The monoisotopic (exact) mass is 408 g/mol. The molecule has 8 nitrogen and oxygen atoms in total. The molecule has 2 amide bonds. The van der Waals surface area contributed by atoms with Crippen molar-refractivity contribution < 1.29 is 14.0 Å². The molecule has 0 bridgehead atoms. The van der Waals surface area contributed by atoms with E-state index in [0.717, 1.165) is 29.8 Å². The summed E-state index contributed by atoms with van der Waals surface area (Å²) >= 11 is 0. The number of nitrogens with one attached hydrogen (secondary N) is 2. The predicted molar refractivity (Wildman–Crippen MR) is 112 cm³/mol. The third-order valence-corrected chi connectivity index (χ3v) is 5.03. The van der Waals surface area contributed by atoms with Gasteiger partial charge in [-0.15, -0.1) is 0 Å². The van der Waals surface area contributed by atoms with Gasteiger partial charge in [-0.3, -0.25) is 14.6 Å². The zero-order valence-electron chi connectivity index (χ0n) is 16.1. The van der Waals surface area contributed by atoms with E-state index in [1.807, 2.05) is 18.2 Å². The molecular formula is C21H21FN6O2. The van der Waals surface area contributed by atoms with Gasteiger partial charge in [0, 0.05) is 17.3 Å². The molecule has 6 N–H and O–H groups in total. The molecule has 3 aromatic rings. The molecule has 1 fully saturated rings. The summed E-state index contributed by atoms with van der Waals surface area (Å²) in [5.74, 6) is -1.93. The first kappa shape index (κ1) is 19.6. The summed E-state index contributed by atoms with van der Waals surface area (Å²) in [5.41, 5.74) is 12.1. The molecule has 30 heavy (non-hydrogen) atoms. The zero-order chi connectivity index (χ0) is 21.3. The summed E-state index contributed by atoms with van der Waals surface area (Å²) in [6.45, 7) is 0. The number of carbonyl (C=O) groups is 2. The molecule has 4 rings (SSSR count). The minimum atomic E-state index is -0.834. The number of hydrogen-bond donors (Lipinski definition) is 4. The number of amides is 2. The van der Waals surface area contributed by atoms with Crippen LogP contribution in [0.5, 0.6) is 0 Å². The quantitative estimate of drug-likeness (QED) is 0.452. The average Bonchev–Trinajstić information content (AvgIpc) is 3.53. The first-order valence-electron chi connectivity index (χ1n) is 9.58. The van der Waals surface area contributed by atoms with Gasteiger partial charge in [0.2, 0.25) is 5.91 Å². The number of nitrogens with two attached hydrogens (primary N) is 2. The average molecular weight is 408 g/mol. The van der Waals surface area contributed by atoms with Crippen LogP contribution in [0.1, 0.15) is 29.6 Å². The Kier molecular flexibility index (Phi) is 5.18. The summed E-state index contributed by atoms with van der Waals surface area (Å²) < 4.78 is 14.6. The molecule has 154 valence electrons. The van der Waals surface area contributed by atoms with Gasteiger partial charge in [-0.1, -0.05) is 25.0 Å². The predicted octanol–water partition coefficient (Wildman–Crippen LogP) is 2.68. The van der Waals surface area contributed by atoms with Gasteiger partial charge >= 0.3 is 0 Å². The molecule has 2 heterocycles. The Morgan fingerprint density at radius 3 is 2.67 bits per heavy atom. The number of benzene rings is 1. The lowest BCUT2D eigenvalue weighted by atomic mass is 10.1. The molecule has 1 aliphatic carbocycles. The largest absolute Gasteiger partial charge is 0.368 e. The Morgan fingerprint density at radius 2 is 1.97 bits per heavy atom. The van der Waals surface area contributed by atoms with E-state index in [-0.39, 0.29) is 17.2 Å². The third-order valence-electron chi connectivity index (χ3n) is 5.03. The molecule has 1 aliphatic rings. The number of halogens is 1. The van der Waals surface area contributed by atoms with Crippen molar-refractivity contribution in [2.45, 2.75) is 25.3 Å². The van der Waals surface area contributed by atoms with Gasteiger partial charge in [0.05, 0.1) is 11.1 Å². The van der Waals surface area contributed by atoms with Crippen molar-refractivity contribution in [2.75, 3.05) is 10.6 Å². The van der Waals surface area contributed by atoms with Crippen LogP contribution in [0, 0.1) is 11.7 Å². The Morgan fingerprint density at radius 1 is 1.17 bits per heavy atom. The highest BCUT2D eigenvalue weighted by Crippen LogP contribution is 2.34. The minimum Gasteiger partial charge on any atom is -0.368 e. The van der Waals surface area contributed by atoms with E-state index in [0.29, 0.717) is 18.0 Å². The fraction of sp³-hybridized carbons (Fsp3) is 0.238. The van der Waals surface area contributed by atoms with E-state index >= 15 is 0 Å². The number of pyridine rings is 2. The van der Waals surface area contributed by atoms with Gasteiger partial charge in [-0.2, -0.15) is 0 Å². The summed E-state index contributed by atoms with van der Waals surface area (Å²) in [4.78, 5) is 32.1. The van der Waals surface area contributed by atoms with Crippen molar-refractivity contribution in [3.05, 3.63) is 54.0 Å². The topological polar surface area (TPSA) is 136 Å². The number of nitrogens with zero attached hydrogens (tertiary/aromatic N) is 2. The van der Waals surface area contributed by atoms with Crippen LogP contribution in [-0.2, 0) is 4.79 Å². The Balaban J connectivity index is 1.66. The summed E-state index contributed by atoms with van der Waals surface area (Å²) in [6, 6.07) is 9.41. The van der Waals surface area contributed by atoms with Crippen LogP contribution >= 0.6 is 0 Å². The molecule has 0 saturated heterocycles. The van der Waals surface area contributed by atoms with Crippen LogP contribution in [0.15, 0.2) is 42.6 Å².